The first-order chi connectivity index (χ1) is 14.8. The SMILES string of the molecule is CCCCOc1ccccc1-c1cc(-c2nc(-c3ccc4c(c3)OCO4)no2)[nH]n1. The maximum absolute atomic E-state index is 5.92. The number of aromatic amines is 1. The van der Waals surface area contributed by atoms with Crippen molar-refractivity contribution >= 4 is 0 Å². The zero-order valence-corrected chi connectivity index (χ0v) is 16.4. The molecule has 1 aliphatic heterocycles. The number of para-hydroxylation sites is 1. The summed E-state index contributed by atoms with van der Waals surface area (Å²) in [6, 6.07) is 15.2. The van der Waals surface area contributed by atoms with E-state index in [4.69, 9.17) is 18.7 Å². The van der Waals surface area contributed by atoms with Gasteiger partial charge in [-0.1, -0.05) is 30.6 Å². The van der Waals surface area contributed by atoms with Crippen LogP contribution in [0.4, 0.5) is 0 Å². The second kappa shape index (κ2) is 7.90. The fourth-order valence-electron chi connectivity index (χ4n) is 3.19. The fraction of sp³-hybridized carbons (Fsp3) is 0.227. The van der Waals surface area contributed by atoms with Crippen LogP contribution in [0.3, 0.4) is 0 Å². The van der Waals surface area contributed by atoms with Crippen molar-refractivity contribution in [2.24, 2.45) is 0 Å². The van der Waals surface area contributed by atoms with Crippen LogP contribution in [0.25, 0.3) is 34.2 Å². The molecule has 0 saturated heterocycles. The van der Waals surface area contributed by atoms with Crippen molar-refractivity contribution < 1.29 is 18.7 Å². The van der Waals surface area contributed by atoms with Crippen molar-refractivity contribution in [1.82, 2.24) is 20.3 Å². The van der Waals surface area contributed by atoms with Crippen molar-refractivity contribution in [2.75, 3.05) is 13.4 Å². The Bertz CT molecular complexity index is 1170. The molecule has 8 nitrogen and oxygen atoms in total. The predicted molar refractivity (Wildman–Crippen MR) is 109 cm³/mol. The van der Waals surface area contributed by atoms with E-state index in [0.29, 0.717) is 35.5 Å². The number of ether oxygens (including phenoxy) is 3. The summed E-state index contributed by atoms with van der Waals surface area (Å²) in [5.41, 5.74) is 3.07. The summed E-state index contributed by atoms with van der Waals surface area (Å²) in [6.07, 6.45) is 2.09. The zero-order chi connectivity index (χ0) is 20.3. The van der Waals surface area contributed by atoms with Crippen molar-refractivity contribution in [3.05, 3.63) is 48.5 Å². The van der Waals surface area contributed by atoms with E-state index in [1.807, 2.05) is 48.5 Å². The average Bonchev–Trinajstić information content (AvgIpc) is 3.53. The van der Waals surface area contributed by atoms with E-state index in [9.17, 15) is 0 Å². The van der Waals surface area contributed by atoms with E-state index in [-0.39, 0.29) is 6.79 Å². The van der Waals surface area contributed by atoms with Crippen LogP contribution in [0.15, 0.2) is 53.1 Å². The van der Waals surface area contributed by atoms with Gasteiger partial charge in [-0.2, -0.15) is 10.1 Å². The molecule has 152 valence electrons. The lowest BCUT2D eigenvalue weighted by Crippen LogP contribution is -1.98. The standard InChI is InChI=1S/C22H20N4O4/c1-2-3-10-27-18-7-5-4-6-15(18)16-12-17(25-24-16)22-23-21(26-30-22)14-8-9-19-20(11-14)29-13-28-19/h4-9,11-12H,2-3,10,13H2,1H3,(H,24,25). The minimum atomic E-state index is 0.219. The Kier molecular flexibility index (Phi) is 4.80. The van der Waals surface area contributed by atoms with Gasteiger partial charge >= 0.3 is 0 Å². The first-order valence-corrected chi connectivity index (χ1v) is 9.83. The Morgan fingerprint density at radius 1 is 1.07 bits per heavy atom. The van der Waals surface area contributed by atoms with E-state index in [1.165, 1.54) is 0 Å². The smallest absolute Gasteiger partial charge is 0.276 e. The topological polar surface area (TPSA) is 95.3 Å². The Hall–Kier alpha value is -3.81. The molecule has 2 aromatic carbocycles. The second-order valence-corrected chi connectivity index (χ2v) is 6.86. The highest BCUT2D eigenvalue weighted by Crippen LogP contribution is 2.36. The molecule has 2 aromatic heterocycles. The van der Waals surface area contributed by atoms with Gasteiger partial charge in [-0.3, -0.25) is 5.10 Å². The van der Waals surface area contributed by atoms with E-state index < -0.39 is 0 Å². The van der Waals surface area contributed by atoms with Crippen LogP contribution < -0.4 is 14.2 Å². The number of hydrogen-bond donors (Lipinski definition) is 1. The van der Waals surface area contributed by atoms with Crippen LogP contribution in [0.5, 0.6) is 17.2 Å². The number of hydrogen-bond acceptors (Lipinski definition) is 7. The highest BCUT2D eigenvalue weighted by Gasteiger charge is 2.18. The van der Waals surface area contributed by atoms with E-state index in [2.05, 4.69) is 27.3 Å². The number of nitrogens with zero attached hydrogens (tertiary/aromatic N) is 3. The summed E-state index contributed by atoms with van der Waals surface area (Å²) in [7, 11) is 0. The number of aromatic nitrogens is 4. The van der Waals surface area contributed by atoms with E-state index >= 15 is 0 Å². The lowest BCUT2D eigenvalue weighted by molar-refractivity contribution is 0.174. The molecule has 0 spiro atoms. The van der Waals surface area contributed by atoms with Crippen LogP contribution in [0.1, 0.15) is 19.8 Å². The molecule has 1 N–H and O–H groups in total. The highest BCUT2D eigenvalue weighted by molar-refractivity contribution is 5.71. The highest BCUT2D eigenvalue weighted by atomic mass is 16.7. The Balaban J connectivity index is 1.39. The zero-order valence-electron chi connectivity index (χ0n) is 16.4. The van der Waals surface area contributed by atoms with Gasteiger partial charge in [0, 0.05) is 11.1 Å². The lowest BCUT2D eigenvalue weighted by Gasteiger charge is -2.09. The molecule has 0 radical (unpaired) electrons. The Morgan fingerprint density at radius 2 is 1.97 bits per heavy atom. The molecule has 0 bridgehead atoms. The maximum Gasteiger partial charge on any atom is 0.276 e. The summed E-state index contributed by atoms with van der Waals surface area (Å²) < 4.78 is 22.1. The normalized spacial score (nSPS) is 12.3. The largest absolute Gasteiger partial charge is 0.493 e. The molecule has 0 amide bonds. The van der Waals surface area contributed by atoms with Crippen molar-refractivity contribution in [3.63, 3.8) is 0 Å². The number of fused-ring (bicyclic) bond motifs is 1. The Labute approximate surface area is 172 Å². The third-order valence-corrected chi connectivity index (χ3v) is 4.78. The third-order valence-electron chi connectivity index (χ3n) is 4.78. The number of benzene rings is 2. The molecule has 0 aliphatic carbocycles. The van der Waals surface area contributed by atoms with E-state index in [0.717, 1.165) is 35.4 Å². The van der Waals surface area contributed by atoms with Gasteiger partial charge in [0.15, 0.2) is 11.5 Å². The van der Waals surface area contributed by atoms with Crippen LogP contribution in [0.2, 0.25) is 0 Å². The molecular weight excluding hydrogens is 384 g/mol. The number of unbranched alkanes of at least 4 members (excludes halogenated alkanes) is 1. The van der Waals surface area contributed by atoms with Gasteiger partial charge in [0.1, 0.15) is 11.4 Å². The first-order valence-electron chi connectivity index (χ1n) is 9.83. The molecule has 0 saturated carbocycles. The van der Waals surface area contributed by atoms with Gasteiger partial charge in [0.25, 0.3) is 5.89 Å². The third kappa shape index (κ3) is 3.47. The quantitative estimate of drug-likeness (QED) is 0.446. The van der Waals surface area contributed by atoms with Gasteiger partial charge in [-0.15, -0.1) is 0 Å². The van der Waals surface area contributed by atoms with Gasteiger partial charge in [-0.05, 0) is 42.8 Å². The fourth-order valence-corrected chi connectivity index (χ4v) is 3.19. The molecule has 4 aromatic rings. The van der Waals surface area contributed by atoms with Crippen LogP contribution in [-0.4, -0.2) is 33.7 Å². The number of nitrogens with one attached hydrogen (secondary N) is 1. The summed E-state index contributed by atoms with van der Waals surface area (Å²) >= 11 is 0. The number of H-pyrrole nitrogens is 1. The van der Waals surface area contributed by atoms with Gasteiger partial charge in [-0.25, -0.2) is 0 Å². The van der Waals surface area contributed by atoms with Gasteiger partial charge in [0.2, 0.25) is 12.6 Å². The molecule has 1 aliphatic rings. The van der Waals surface area contributed by atoms with Crippen molar-refractivity contribution in [2.45, 2.75) is 19.8 Å². The summed E-state index contributed by atoms with van der Waals surface area (Å²) in [4.78, 5) is 4.49. The van der Waals surface area contributed by atoms with Crippen molar-refractivity contribution in [3.8, 4) is 51.5 Å². The molecule has 30 heavy (non-hydrogen) atoms. The minimum Gasteiger partial charge on any atom is -0.493 e. The lowest BCUT2D eigenvalue weighted by atomic mass is 10.1. The molecule has 8 heteroatoms. The summed E-state index contributed by atoms with van der Waals surface area (Å²) in [5.74, 6) is 2.99. The van der Waals surface area contributed by atoms with Gasteiger partial charge < -0.3 is 18.7 Å². The molecule has 5 rings (SSSR count). The maximum atomic E-state index is 5.92. The second-order valence-electron chi connectivity index (χ2n) is 6.86. The summed E-state index contributed by atoms with van der Waals surface area (Å²) in [5, 5.41) is 11.5. The molecular formula is C22H20N4O4. The monoisotopic (exact) mass is 404 g/mol. The van der Waals surface area contributed by atoms with Crippen LogP contribution in [-0.2, 0) is 0 Å². The van der Waals surface area contributed by atoms with Crippen LogP contribution >= 0.6 is 0 Å². The number of rotatable bonds is 7. The molecule has 3 heterocycles. The predicted octanol–water partition coefficient (Wildman–Crippen LogP) is 4.70. The van der Waals surface area contributed by atoms with Crippen molar-refractivity contribution in [1.29, 1.82) is 0 Å². The molecule has 0 unspecified atom stereocenters. The Morgan fingerprint density at radius 3 is 2.90 bits per heavy atom. The van der Waals surface area contributed by atoms with Crippen LogP contribution in [0, 0.1) is 0 Å². The minimum absolute atomic E-state index is 0.219. The first kappa shape index (κ1) is 18.2. The molecule has 0 atom stereocenters. The summed E-state index contributed by atoms with van der Waals surface area (Å²) in [6.45, 7) is 3.03. The van der Waals surface area contributed by atoms with E-state index in [1.54, 1.807) is 0 Å². The average molecular weight is 404 g/mol. The van der Waals surface area contributed by atoms with Gasteiger partial charge in [0.05, 0.1) is 12.3 Å². The molecule has 0 fully saturated rings.